The van der Waals surface area contributed by atoms with Gasteiger partial charge in [0.1, 0.15) is 46.9 Å². The van der Waals surface area contributed by atoms with Crippen LogP contribution in [0.15, 0.2) is 53.1 Å². The number of methoxy groups -OCH3 is 1. The summed E-state index contributed by atoms with van der Waals surface area (Å²) in [7, 11) is 1.53. The van der Waals surface area contributed by atoms with Gasteiger partial charge in [0.05, 0.1) is 29.6 Å². The molecule has 2 aromatic carbocycles. The molecule has 6 rings (SSSR count). The Labute approximate surface area is 244 Å². The monoisotopic (exact) mass is 591 g/mol. The molecule has 0 bridgehead atoms. The Balaban J connectivity index is 1.40. The predicted octanol–water partition coefficient (Wildman–Crippen LogP) is 3.22. The molecule has 11 nitrogen and oxygen atoms in total. The normalized spacial score (nSPS) is 19.4. The molecule has 2 aromatic heterocycles. The van der Waals surface area contributed by atoms with E-state index in [1.54, 1.807) is 35.8 Å². The third-order valence-corrected chi connectivity index (χ3v) is 8.80. The number of nitrogens with two attached hydrogens (primary N) is 2. The molecule has 1 aliphatic carbocycles. The van der Waals surface area contributed by atoms with Crippen LogP contribution >= 0.6 is 11.3 Å². The van der Waals surface area contributed by atoms with E-state index in [2.05, 4.69) is 15.4 Å². The largest absolute Gasteiger partial charge is 0.494 e. The van der Waals surface area contributed by atoms with Crippen molar-refractivity contribution in [3.05, 3.63) is 70.6 Å². The number of nitrogens with zero attached hydrogens (tertiary/aromatic N) is 4. The van der Waals surface area contributed by atoms with E-state index in [-0.39, 0.29) is 25.0 Å². The number of nitrogens with one attached hydrogen (secondary N) is 1. The Bertz CT molecular complexity index is 1690. The molecule has 42 heavy (non-hydrogen) atoms. The lowest BCUT2D eigenvalue weighted by atomic mass is 9.86. The number of ether oxygens (including phenoxy) is 2. The SMILES string of the molecule is COc1cc(C(=O)NC[C@](O)(c2cc3c(c(-c4ccc(F)cc4)n2)OC[C@]3(C)N(N)/C=N\N)C2CC2)cc2scnc12. The number of carbonyl (C=O) groups is 1. The van der Waals surface area contributed by atoms with Crippen LogP contribution in [-0.2, 0) is 11.1 Å². The molecule has 1 fully saturated rings. The number of amides is 1. The van der Waals surface area contributed by atoms with Gasteiger partial charge in [-0.1, -0.05) is 0 Å². The summed E-state index contributed by atoms with van der Waals surface area (Å²) in [6.45, 7) is 1.92. The Kier molecular flexibility index (Phi) is 6.95. The second kappa shape index (κ2) is 10.5. The average Bonchev–Trinajstić information content (AvgIpc) is 3.66. The first-order valence-corrected chi connectivity index (χ1v) is 14.2. The van der Waals surface area contributed by atoms with Crippen molar-refractivity contribution in [2.24, 2.45) is 22.7 Å². The van der Waals surface area contributed by atoms with E-state index in [0.29, 0.717) is 45.1 Å². The van der Waals surface area contributed by atoms with Gasteiger partial charge in [-0.2, -0.15) is 5.10 Å². The Morgan fingerprint density at radius 3 is 2.81 bits per heavy atom. The Morgan fingerprint density at radius 1 is 1.36 bits per heavy atom. The summed E-state index contributed by atoms with van der Waals surface area (Å²) in [6.07, 6.45) is 2.81. The fraction of sp³-hybridized carbons (Fsp3) is 0.310. The molecule has 0 radical (unpaired) electrons. The van der Waals surface area contributed by atoms with Crippen LogP contribution in [0, 0.1) is 11.7 Å². The number of hydrazone groups is 1. The molecule has 4 aromatic rings. The fourth-order valence-corrected chi connectivity index (χ4v) is 6.08. The number of aliphatic hydroxyl groups is 1. The highest BCUT2D eigenvalue weighted by atomic mass is 32.1. The van der Waals surface area contributed by atoms with Crippen molar-refractivity contribution in [2.75, 3.05) is 20.3 Å². The number of thiazole rings is 1. The molecule has 0 saturated heterocycles. The van der Waals surface area contributed by atoms with Gasteiger partial charge in [-0.15, -0.1) is 11.3 Å². The van der Waals surface area contributed by atoms with E-state index in [1.165, 1.54) is 41.9 Å². The van der Waals surface area contributed by atoms with Crippen LogP contribution < -0.4 is 26.5 Å². The molecule has 2 aliphatic rings. The van der Waals surface area contributed by atoms with E-state index in [9.17, 15) is 14.3 Å². The fourth-order valence-electron chi connectivity index (χ4n) is 5.35. The molecule has 0 spiro atoms. The maximum Gasteiger partial charge on any atom is 0.251 e. The van der Waals surface area contributed by atoms with Crippen LogP contribution in [0.1, 0.15) is 41.4 Å². The van der Waals surface area contributed by atoms with E-state index in [0.717, 1.165) is 17.5 Å². The number of benzene rings is 2. The van der Waals surface area contributed by atoms with Gasteiger partial charge in [0.2, 0.25) is 0 Å². The third-order valence-electron chi connectivity index (χ3n) is 8.03. The molecule has 2 atom stereocenters. The first-order chi connectivity index (χ1) is 20.2. The van der Waals surface area contributed by atoms with Crippen molar-refractivity contribution < 1.29 is 23.8 Å². The summed E-state index contributed by atoms with van der Waals surface area (Å²) in [5.74, 6) is 11.7. The maximum atomic E-state index is 13.8. The molecule has 1 amide bonds. The summed E-state index contributed by atoms with van der Waals surface area (Å²) in [5, 5.41) is 20.0. The zero-order valence-corrected chi connectivity index (χ0v) is 23.8. The zero-order chi connectivity index (χ0) is 29.6. The minimum atomic E-state index is -1.51. The molecule has 6 N–H and O–H groups in total. The summed E-state index contributed by atoms with van der Waals surface area (Å²) in [6, 6.07) is 11.0. The predicted molar refractivity (Wildman–Crippen MR) is 156 cm³/mol. The first kappa shape index (κ1) is 27.8. The lowest BCUT2D eigenvalue weighted by Gasteiger charge is -2.33. The van der Waals surface area contributed by atoms with Crippen molar-refractivity contribution in [1.29, 1.82) is 0 Å². The minimum absolute atomic E-state index is 0.0949. The van der Waals surface area contributed by atoms with E-state index < -0.39 is 17.0 Å². The lowest BCUT2D eigenvalue weighted by molar-refractivity contribution is 0.00939. The molecule has 1 aliphatic heterocycles. The van der Waals surface area contributed by atoms with Crippen LogP contribution in [0.2, 0.25) is 0 Å². The molecule has 13 heteroatoms. The number of hydrogen-bond acceptors (Lipinski definition) is 10. The molecular weight excluding hydrogens is 561 g/mol. The quantitative estimate of drug-likeness (QED) is 0.0991. The summed E-state index contributed by atoms with van der Waals surface area (Å²) in [5.41, 5.74) is 2.37. The number of aromatic nitrogens is 2. The van der Waals surface area contributed by atoms with Crippen LogP contribution in [-0.4, -0.2) is 52.6 Å². The van der Waals surface area contributed by atoms with Crippen molar-refractivity contribution in [3.63, 3.8) is 0 Å². The van der Waals surface area contributed by atoms with Gasteiger partial charge in [0.25, 0.3) is 5.91 Å². The number of fused-ring (bicyclic) bond motifs is 2. The van der Waals surface area contributed by atoms with E-state index >= 15 is 0 Å². The van der Waals surface area contributed by atoms with Gasteiger partial charge in [-0.25, -0.2) is 20.2 Å². The Hall–Kier alpha value is -4.33. The van der Waals surface area contributed by atoms with Crippen LogP contribution in [0.5, 0.6) is 11.5 Å². The third kappa shape index (κ3) is 4.68. The molecule has 1 saturated carbocycles. The standard InChI is InChI=1S/C29H30FN7O4S/c1-28(37(32)14-35-31)13-41-26-20(28)11-23(36-24(26)16-3-7-19(30)8-4-16)29(39,18-5-6-18)12-33-27(38)17-9-21(40-2)25-22(10-17)42-15-34-25/h3-4,7-11,14-15,18,39H,5-6,12-13,31-32H2,1-2H3,(H,33,38)/b35-14-/t28-,29+/m0/s1. The Morgan fingerprint density at radius 2 is 2.12 bits per heavy atom. The summed E-state index contributed by atoms with van der Waals surface area (Å²) < 4.78 is 26.2. The number of hydrazine groups is 1. The van der Waals surface area contributed by atoms with Gasteiger partial charge in [-0.05, 0) is 68.1 Å². The molecule has 3 heterocycles. The number of carbonyl (C=O) groups excluding carboxylic acids is 1. The first-order valence-electron chi connectivity index (χ1n) is 13.3. The maximum absolute atomic E-state index is 13.8. The lowest BCUT2D eigenvalue weighted by Crippen LogP contribution is -2.49. The summed E-state index contributed by atoms with van der Waals surface area (Å²) >= 11 is 1.40. The second-order valence-corrected chi connectivity index (χ2v) is 11.6. The summed E-state index contributed by atoms with van der Waals surface area (Å²) in [4.78, 5) is 22.5. The van der Waals surface area contributed by atoms with Gasteiger partial charge >= 0.3 is 0 Å². The second-order valence-electron chi connectivity index (χ2n) is 10.7. The van der Waals surface area contributed by atoms with Crippen molar-refractivity contribution >= 4 is 33.8 Å². The van der Waals surface area contributed by atoms with Gasteiger partial charge in [0, 0.05) is 16.7 Å². The van der Waals surface area contributed by atoms with Gasteiger partial charge in [-0.3, -0.25) is 9.80 Å². The topological polar surface area (TPSA) is 161 Å². The highest BCUT2D eigenvalue weighted by Crippen LogP contribution is 2.50. The molecular formula is C29H30FN7O4S. The van der Waals surface area contributed by atoms with Gasteiger partial charge < -0.3 is 25.7 Å². The van der Waals surface area contributed by atoms with Crippen LogP contribution in [0.3, 0.4) is 0 Å². The van der Waals surface area contributed by atoms with E-state index in [1.807, 2.05) is 6.92 Å². The van der Waals surface area contributed by atoms with Crippen molar-refractivity contribution in [1.82, 2.24) is 20.3 Å². The highest BCUT2D eigenvalue weighted by Gasteiger charge is 2.49. The molecule has 218 valence electrons. The van der Waals surface area contributed by atoms with Crippen LogP contribution in [0.25, 0.3) is 21.5 Å². The zero-order valence-electron chi connectivity index (χ0n) is 23.0. The average molecular weight is 592 g/mol. The van der Waals surface area contributed by atoms with Crippen molar-refractivity contribution in [2.45, 2.75) is 30.9 Å². The minimum Gasteiger partial charge on any atom is -0.494 e. The van der Waals surface area contributed by atoms with Crippen LogP contribution in [0.4, 0.5) is 4.39 Å². The number of pyridine rings is 1. The highest BCUT2D eigenvalue weighted by molar-refractivity contribution is 7.16. The van der Waals surface area contributed by atoms with Gasteiger partial charge in [0.15, 0.2) is 5.75 Å². The van der Waals surface area contributed by atoms with Crippen molar-refractivity contribution in [3.8, 4) is 22.8 Å². The smallest absolute Gasteiger partial charge is 0.251 e. The van der Waals surface area contributed by atoms with E-state index in [4.69, 9.17) is 26.1 Å². The number of rotatable bonds is 9. The number of hydrogen-bond donors (Lipinski definition) is 4. The number of halogens is 1. The molecule has 0 unspecified atom stereocenters.